The fourth-order valence-corrected chi connectivity index (χ4v) is 1.06. The first-order valence-corrected chi connectivity index (χ1v) is 3.46. The number of nitrogens with zero attached hydrogens (tertiary/aromatic N) is 1. The molecule has 0 saturated carbocycles. The maximum absolute atomic E-state index is 11.1. The number of aromatic nitrogens is 2. The number of anilines is 2. The van der Waals surface area contributed by atoms with Gasteiger partial charge in [0.25, 0.3) is 5.91 Å². The summed E-state index contributed by atoms with van der Waals surface area (Å²) in [5.41, 5.74) is 1.91. The normalized spacial score (nSPS) is 20.2. The van der Waals surface area contributed by atoms with Crippen molar-refractivity contribution in [3.63, 3.8) is 0 Å². The van der Waals surface area contributed by atoms with Gasteiger partial charge in [0.2, 0.25) is 12.3 Å². The Kier molecular flexibility index (Phi) is 1.57. The summed E-state index contributed by atoms with van der Waals surface area (Å²) in [4.78, 5) is 17.4. The van der Waals surface area contributed by atoms with Gasteiger partial charge in [0.1, 0.15) is 5.69 Å². The van der Waals surface area contributed by atoms with Gasteiger partial charge >= 0.3 is 0 Å². The second kappa shape index (κ2) is 2.61. The Morgan fingerprint density at radius 3 is 2.92 bits per heavy atom. The molecule has 1 atom stereocenters. The van der Waals surface area contributed by atoms with E-state index in [1.165, 1.54) is 0 Å². The number of carbonyl (C=O) groups excluding carboxylic acids is 1. The molecule has 70 valence electrons. The highest BCUT2D eigenvalue weighted by molar-refractivity contribution is 5.99. The van der Waals surface area contributed by atoms with E-state index in [2.05, 4.69) is 20.6 Å². The minimum atomic E-state index is -1.16. The summed E-state index contributed by atoms with van der Waals surface area (Å²) in [6.45, 7) is 0. The zero-order valence-electron chi connectivity index (χ0n) is 6.33. The molecule has 0 fully saturated rings. The highest BCUT2D eigenvalue weighted by Crippen LogP contribution is 2.18. The minimum absolute atomic E-state index is 0.0294. The molecular formula is C5H7N5O3. The maximum Gasteiger partial charge on any atom is 0.275 e. The van der Waals surface area contributed by atoms with Crippen LogP contribution in [0.5, 0.6) is 0 Å². The van der Waals surface area contributed by atoms with Crippen molar-refractivity contribution in [1.29, 1.82) is 0 Å². The molecule has 1 amide bonds. The lowest BCUT2D eigenvalue weighted by atomic mass is 10.3. The molecule has 6 N–H and O–H groups in total. The van der Waals surface area contributed by atoms with Crippen molar-refractivity contribution in [3.8, 4) is 0 Å². The Bertz CT molecular complexity index is 348. The molecule has 1 aromatic rings. The number of aliphatic hydroxyl groups excluding tert-OH is 1. The van der Waals surface area contributed by atoms with Crippen molar-refractivity contribution in [2.45, 2.75) is 6.35 Å². The van der Waals surface area contributed by atoms with Crippen LogP contribution in [-0.2, 0) is 0 Å². The smallest absolute Gasteiger partial charge is 0.275 e. The molecule has 8 heteroatoms. The van der Waals surface area contributed by atoms with Crippen LogP contribution in [-0.4, -0.2) is 32.5 Å². The highest BCUT2D eigenvalue weighted by atomic mass is 16.5. The Hall–Kier alpha value is -1.80. The molecule has 8 nitrogen and oxygen atoms in total. The van der Waals surface area contributed by atoms with Crippen LogP contribution >= 0.6 is 0 Å². The zero-order chi connectivity index (χ0) is 9.42. The summed E-state index contributed by atoms with van der Waals surface area (Å²) in [5.74, 6) is -0.273. The van der Waals surface area contributed by atoms with Crippen LogP contribution in [0.4, 0.5) is 11.8 Å². The molecule has 1 aromatic heterocycles. The van der Waals surface area contributed by atoms with E-state index in [9.17, 15) is 4.79 Å². The van der Waals surface area contributed by atoms with Gasteiger partial charge in [0.15, 0.2) is 5.82 Å². The van der Waals surface area contributed by atoms with E-state index in [0.717, 1.165) is 0 Å². The van der Waals surface area contributed by atoms with Gasteiger partial charge in [-0.15, -0.1) is 0 Å². The van der Waals surface area contributed by atoms with Gasteiger partial charge in [-0.1, -0.05) is 0 Å². The zero-order valence-corrected chi connectivity index (χ0v) is 6.33. The van der Waals surface area contributed by atoms with E-state index >= 15 is 0 Å². The third-order valence-corrected chi connectivity index (χ3v) is 1.58. The molecule has 0 saturated heterocycles. The Balaban J connectivity index is 2.40. The SMILES string of the molecule is O=C1NC(O)Nc2nc(NO)[nH]c21. The number of imidazole rings is 1. The summed E-state index contributed by atoms with van der Waals surface area (Å²) >= 11 is 0. The summed E-state index contributed by atoms with van der Waals surface area (Å²) in [5, 5.41) is 22.2. The van der Waals surface area contributed by atoms with Crippen LogP contribution in [0.2, 0.25) is 0 Å². The summed E-state index contributed by atoms with van der Waals surface area (Å²) in [6, 6.07) is 0. The number of amides is 1. The quantitative estimate of drug-likeness (QED) is 0.300. The van der Waals surface area contributed by atoms with Gasteiger partial charge in [-0.25, -0.2) is 5.48 Å². The molecule has 0 aliphatic carbocycles. The average Bonchev–Trinajstić information content (AvgIpc) is 2.47. The number of hydrogen-bond acceptors (Lipinski definition) is 6. The number of hydrogen-bond donors (Lipinski definition) is 6. The minimum Gasteiger partial charge on any atom is -0.356 e. The van der Waals surface area contributed by atoms with Gasteiger partial charge in [-0.05, 0) is 0 Å². The monoisotopic (exact) mass is 185 g/mol. The molecule has 0 aromatic carbocycles. The van der Waals surface area contributed by atoms with E-state index in [-0.39, 0.29) is 17.5 Å². The van der Waals surface area contributed by atoms with Crippen LogP contribution < -0.4 is 16.1 Å². The lowest BCUT2D eigenvalue weighted by Crippen LogP contribution is -2.44. The third-order valence-electron chi connectivity index (χ3n) is 1.58. The van der Waals surface area contributed by atoms with E-state index in [0.29, 0.717) is 0 Å². The topological polar surface area (TPSA) is 122 Å². The number of fused-ring (bicyclic) bond motifs is 1. The Morgan fingerprint density at radius 1 is 1.46 bits per heavy atom. The molecule has 0 bridgehead atoms. The van der Waals surface area contributed by atoms with Crippen LogP contribution in [0.1, 0.15) is 10.5 Å². The molecule has 1 aliphatic heterocycles. The number of carbonyl (C=O) groups is 1. The van der Waals surface area contributed by atoms with Gasteiger partial charge in [0, 0.05) is 0 Å². The molecule has 1 unspecified atom stereocenters. The summed E-state index contributed by atoms with van der Waals surface area (Å²) < 4.78 is 0. The first kappa shape index (κ1) is 7.83. The van der Waals surface area contributed by atoms with Crippen LogP contribution in [0.25, 0.3) is 0 Å². The van der Waals surface area contributed by atoms with E-state index < -0.39 is 12.3 Å². The van der Waals surface area contributed by atoms with Crippen molar-refractivity contribution in [1.82, 2.24) is 15.3 Å². The lowest BCUT2D eigenvalue weighted by molar-refractivity contribution is 0.0808. The van der Waals surface area contributed by atoms with Crippen LogP contribution in [0.15, 0.2) is 0 Å². The Labute approximate surface area is 71.9 Å². The van der Waals surface area contributed by atoms with E-state index in [1.807, 2.05) is 0 Å². The van der Waals surface area contributed by atoms with E-state index in [1.54, 1.807) is 5.48 Å². The van der Waals surface area contributed by atoms with Crippen LogP contribution in [0, 0.1) is 0 Å². The number of aliphatic hydroxyl groups is 1. The van der Waals surface area contributed by atoms with Crippen molar-refractivity contribution >= 4 is 17.7 Å². The van der Waals surface area contributed by atoms with E-state index in [4.69, 9.17) is 10.3 Å². The first-order valence-electron chi connectivity index (χ1n) is 3.46. The van der Waals surface area contributed by atoms with Gasteiger partial charge < -0.3 is 20.7 Å². The van der Waals surface area contributed by atoms with Gasteiger partial charge in [-0.3, -0.25) is 10.0 Å². The van der Waals surface area contributed by atoms with Crippen LogP contribution in [0.3, 0.4) is 0 Å². The average molecular weight is 185 g/mol. The number of nitrogens with one attached hydrogen (secondary N) is 4. The molecule has 0 spiro atoms. The van der Waals surface area contributed by atoms with Crippen molar-refractivity contribution < 1.29 is 15.1 Å². The summed E-state index contributed by atoms with van der Waals surface area (Å²) in [7, 11) is 0. The fraction of sp³-hybridized carbons (Fsp3) is 0.200. The predicted molar refractivity (Wildman–Crippen MR) is 41.1 cm³/mol. The summed E-state index contributed by atoms with van der Waals surface area (Å²) in [6.07, 6.45) is -1.16. The number of aromatic amines is 1. The molecule has 2 rings (SSSR count). The van der Waals surface area contributed by atoms with Gasteiger partial charge in [-0.2, -0.15) is 4.98 Å². The van der Waals surface area contributed by atoms with Crippen molar-refractivity contribution in [2.24, 2.45) is 0 Å². The van der Waals surface area contributed by atoms with Crippen molar-refractivity contribution in [2.75, 3.05) is 10.8 Å². The standard InChI is InChI=1S/C5H7N5O3/c11-3-1-2(8-5(12)9-3)7-4(6-1)10-13/h5,8,12-13H,(H,9,11)(H2,6,7,10). The fourth-order valence-electron chi connectivity index (χ4n) is 1.06. The second-order valence-corrected chi connectivity index (χ2v) is 2.44. The molecule has 13 heavy (non-hydrogen) atoms. The number of rotatable bonds is 1. The highest BCUT2D eigenvalue weighted by Gasteiger charge is 2.25. The second-order valence-electron chi connectivity index (χ2n) is 2.44. The Morgan fingerprint density at radius 2 is 2.23 bits per heavy atom. The van der Waals surface area contributed by atoms with Gasteiger partial charge in [0.05, 0.1) is 0 Å². The largest absolute Gasteiger partial charge is 0.356 e. The third kappa shape index (κ3) is 1.17. The molecule has 0 radical (unpaired) electrons. The lowest BCUT2D eigenvalue weighted by Gasteiger charge is -2.18. The molecule has 2 heterocycles. The number of H-pyrrole nitrogens is 1. The maximum atomic E-state index is 11.1. The molecular weight excluding hydrogens is 178 g/mol. The van der Waals surface area contributed by atoms with Crippen molar-refractivity contribution in [3.05, 3.63) is 5.69 Å². The predicted octanol–water partition coefficient (Wildman–Crippen LogP) is -1.36. The molecule has 1 aliphatic rings. The first-order chi connectivity index (χ1) is 6.20.